The van der Waals surface area contributed by atoms with Gasteiger partial charge in [0, 0.05) is 45.0 Å². The molecule has 0 aromatic carbocycles. The highest BCUT2D eigenvalue weighted by atomic mass is 19.4. The predicted octanol–water partition coefficient (Wildman–Crippen LogP) is 2.54. The van der Waals surface area contributed by atoms with Crippen molar-refractivity contribution in [3.63, 3.8) is 0 Å². The summed E-state index contributed by atoms with van der Waals surface area (Å²) in [5.74, 6) is -0.0888. The molecule has 0 radical (unpaired) electrons. The summed E-state index contributed by atoms with van der Waals surface area (Å²) in [6, 6.07) is 2.53. The Hall–Kier alpha value is -1.34. The highest BCUT2D eigenvalue weighted by Crippen LogP contribution is 2.33. The van der Waals surface area contributed by atoms with Crippen LogP contribution in [0.4, 0.5) is 19.0 Å². The van der Waals surface area contributed by atoms with Gasteiger partial charge in [0.2, 0.25) is 0 Å². The third-order valence-electron chi connectivity index (χ3n) is 4.16. The molecule has 0 amide bonds. The van der Waals surface area contributed by atoms with Crippen molar-refractivity contribution < 1.29 is 13.2 Å². The first-order chi connectivity index (χ1) is 10.4. The zero-order valence-electron chi connectivity index (χ0n) is 13.0. The number of likely N-dealkylation sites (N-methyl/N-ethyl adjacent to an activating group) is 1. The molecule has 0 aliphatic carbocycles. The first-order valence-corrected chi connectivity index (χ1v) is 7.64. The molecule has 2 heterocycles. The zero-order valence-corrected chi connectivity index (χ0v) is 13.0. The highest BCUT2D eigenvalue weighted by Gasteiger charge is 2.34. The Kier molecular flexibility index (Phi) is 5.63. The van der Waals surface area contributed by atoms with E-state index >= 15 is 0 Å². The van der Waals surface area contributed by atoms with Crippen molar-refractivity contribution in [2.75, 3.05) is 44.6 Å². The molecule has 1 aromatic rings. The number of nitrogens with one attached hydrogen (secondary N) is 1. The lowest BCUT2D eigenvalue weighted by Crippen LogP contribution is -2.51. The van der Waals surface area contributed by atoms with Crippen LogP contribution in [0, 0.1) is 0 Å². The Morgan fingerprint density at radius 3 is 2.55 bits per heavy atom. The molecule has 1 fully saturated rings. The number of piperazine rings is 1. The summed E-state index contributed by atoms with van der Waals surface area (Å²) in [7, 11) is 0. The van der Waals surface area contributed by atoms with Crippen LogP contribution in [0.5, 0.6) is 0 Å². The van der Waals surface area contributed by atoms with Gasteiger partial charge in [-0.2, -0.15) is 13.2 Å². The molecule has 1 N–H and O–H groups in total. The van der Waals surface area contributed by atoms with Gasteiger partial charge in [0.1, 0.15) is 5.82 Å². The third kappa shape index (κ3) is 4.33. The Morgan fingerprint density at radius 2 is 1.95 bits per heavy atom. The van der Waals surface area contributed by atoms with Crippen molar-refractivity contribution >= 4 is 5.82 Å². The maximum Gasteiger partial charge on any atom is 0.419 e. The number of pyridine rings is 1. The predicted molar refractivity (Wildman–Crippen MR) is 80.9 cm³/mol. The lowest BCUT2D eigenvalue weighted by molar-refractivity contribution is -0.137. The standard InChI is InChI=1S/C15H23F3N4/c1-3-21-7-9-22(10-8-21)12(2)11-20-14-13(15(16,17)18)5-4-6-19-14/h4-6,12H,3,7-11H2,1-2H3,(H,19,20)/t12-/m1/s1. The number of alkyl halides is 3. The van der Waals surface area contributed by atoms with Gasteiger partial charge < -0.3 is 10.2 Å². The van der Waals surface area contributed by atoms with Crippen molar-refractivity contribution in [1.29, 1.82) is 0 Å². The molecule has 1 aromatic heterocycles. The number of hydrogen-bond acceptors (Lipinski definition) is 4. The fourth-order valence-corrected chi connectivity index (χ4v) is 2.67. The van der Waals surface area contributed by atoms with Gasteiger partial charge in [-0.3, -0.25) is 4.90 Å². The molecular weight excluding hydrogens is 293 g/mol. The van der Waals surface area contributed by atoms with Crippen LogP contribution in [0.15, 0.2) is 18.3 Å². The third-order valence-corrected chi connectivity index (χ3v) is 4.16. The van der Waals surface area contributed by atoms with Crippen LogP contribution in [0.2, 0.25) is 0 Å². The first kappa shape index (κ1) is 17.0. The molecule has 1 aliphatic heterocycles. The molecule has 7 heteroatoms. The average Bonchev–Trinajstić information content (AvgIpc) is 2.52. The lowest BCUT2D eigenvalue weighted by atomic mass is 10.2. The first-order valence-electron chi connectivity index (χ1n) is 7.64. The monoisotopic (exact) mass is 316 g/mol. The second-order valence-electron chi connectivity index (χ2n) is 5.60. The topological polar surface area (TPSA) is 31.4 Å². The van der Waals surface area contributed by atoms with Crippen LogP contribution in [0.1, 0.15) is 19.4 Å². The van der Waals surface area contributed by atoms with E-state index in [2.05, 4.69) is 27.0 Å². The van der Waals surface area contributed by atoms with E-state index in [-0.39, 0.29) is 11.9 Å². The second-order valence-corrected chi connectivity index (χ2v) is 5.60. The van der Waals surface area contributed by atoms with E-state index in [0.29, 0.717) is 6.54 Å². The second kappa shape index (κ2) is 7.28. The van der Waals surface area contributed by atoms with Gasteiger partial charge in [0.15, 0.2) is 0 Å². The molecule has 1 atom stereocenters. The van der Waals surface area contributed by atoms with Gasteiger partial charge in [0.05, 0.1) is 5.56 Å². The van der Waals surface area contributed by atoms with Crippen molar-refractivity contribution in [2.45, 2.75) is 26.1 Å². The van der Waals surface area contributed by atoms with E-state index in [1.807, 2.05) is 6.92 Å². The van der Waals surface area contributed by atoms with Gasteiger partial charge in [0.25, 0.3) is 0 Å². The molecule has 4 nitrogen and oxygen atoms in total. The van der Waals surface area contributed by atoms with Gasteiger partial charge in [-0.1, -0.05) is 6.92 Å². The number of nitrogens with zero attached hydrogens (tertiary/aromatic N) is 3. The van der Waals surface area contributed by atoms with E-state index in [0.717, 1.165) is 38.8 Å². The fourth-order valence-electron chi connectivity index (χ4n) is 2.67. The SMILES string of the molecule is CCN1CCN([C@H](C)CNc2ncccc2C(F)(F)F)CC1. The van der Waals surface area contributed by atoms with E-state index in [1.54, 1.807) is 0 Å². The number of anilines is 1. The minimum absolute atomic E-state index is 0.0888. The van der Waals surface area contributed by atoms with E-state index in [9.17, 15) is 13.2 Å². The number of hydrogen-bond donors (Lipinski definition) is 1. The summed E-state index contributed by atoms with van der Waals surface area (Å²) >= 11 is 0. The van der Waals surface area contributed by atoms with E-state index in [4.69, 9.17) is 0 Å². The van der Waals surface area contributed by atoms with Crippen molar-refractivity contribution in [3.05, 3.63) is 23.9 Å². The molecule has 1 saturated heterocycles. The van der Waals surface area contributed by atoms with Crippen LogP contribution < -0.4 is 5.32 Å². The molecule has 0 bridgehead atoms. The number of rotatable bonds is 5. The van der Waals surface area contributed by atoms with Gasteiger partial charge >= 0.3 is 6.18 Å². The maximum atomic E-state index is 12.9. The normalized spacial score (nSPS) is 19.1. The maximum absolute atomic E-state index is 12.9. The Balaban J connectivity index is 1.91. The zero-order chi connectivity index (χ0) is 16.2. The summed E-state index contributed by atoms with van der Waals surface area (Å²) in [5, 5.41) is 2.86. The van der Waals surface area contributed by atoms with E-state index in [1.165, 1.54) is 12.3 Å². The Bertz CT molecular complexity index is 470. The Labute approximate surface area is 129 Å². The van der Waals surface area contributed by atoms with Crippen molar-refractivity contribution in [3.8, 4) is 0 Å². The van der Waals surface area contributed by atoms with Crippen LogP contribution in [-0.4, -0.2) is 60.1 Å². The molecule has 0 unspecified atom stereocenters. The molecule has 22 heavy (non-hydrogen) atoms. The molecule has 0 saturated carbocycles. The molecular formula is C15H23F3N4. The molecule has 124 valence electrons. The van der Waals surface area contributed by atoms with E-state index < -0.39 is 11.7 Å². The van der Waals surface area contributed by atoms with Crippen LogP contribution in [-0.2, 0) is 6.18 Å². The molecule has 2 rings (SSSR count). The molecule has 0 spiro atoms. The van der Waals surface area contributed by atoms with Crippen molar-refractivity contribution in [2.24, 2.45) is 0 Å². The van der Waals surface area contributed by atoms with Gasteiger partial charge in [-0.25, -0.2) is 4.98 Å². The van der Waals surface area contributed by atoms with Crippen LogP contribution in [0.3, 0.4) is 0 Å². The van der Waals surface area contributed by atoms with Crippen LogP contribution in [0.25, 0.3) is 0 Å². The largest absolute Gasteiger partial charge is 0.419 e. The Morgan fingerprint density at radius 1 is 1.27 bits per heavy atom. The summed E-state index contributed by atoms with van der Waals surface area (Å²) in [4.78, 5) is 8.50. The minimum Gasteiger partial charge on any atom is -0.368 e. The van der Waals surface area contributed by atoms with Crippen molar-refractivity contribution in [1.82, 2.24) is 14.8 Å². The summed E-state index contributed by atoms with van der Waals surface area (Å²) in [6.45, 7) is 9.59. The molecule has 1 aliphatic rings. The van der Waals surface area contributed by atoms with Gasteiger partial charge in [-0.05, 0) is 25.6 Å². The summed E-state index contributed by atoms with van der Waals surface area (Å²) in [5.41, 5.74) is -0.710. The summed E-state index contributed by atoms with van der Waals surface area (Å²) < 4.78 is 38.7. The van der Waals surface area contributed by atoms with Crippen LogP contribution >= 0.6 is 0 Å². The average molecular weight is 316 g/mol. The smallest absolute Gasteiger partial charge is 0.368 e. The number of halogens is 3. The van der Waals surface area contributed by atoms with Gasteiger partial charge in [-0.15, -0.1) is 0 Å². The number of aromatic nitrogens is 1. The minimum atomic E-state index is -4.38. The highest BCUT2D eigenvalue weighted by molar-refractivity contribution is 5.45. The summed E-state index contributed by atoms with van der Waals surface area (Å²) in [6.07, 6.45) is -3.01. The lowest BCUT2D eigenvalue weighted by Gasteiger charge is -2.37. The quantitative estimate of drug-likeness (QED) is 0.904. The fraction of sp³-hybridized carbons (Fsp3) is 0.667.